The lowest BCUT2D eigenvalue weighted by Crippen LogP contribution is -2.39. The Morgan fingerprint density at radius 3 is 1.92 bits per heavy atom. The Bertz CT molecular complexity index is 1260. The van der Waals surface area contributed by atoms with Crippen molar-refractivity contribution in [3.63, 3.8) is 0 Å². The lowest BCUT2D eigenvalue weighted by atomic mass is 9.97. The highest BCUT2D eigenvalue weighted by Crippen LogP contribution is 2.31. The maximum atomic E-state index is 14.8. The van der Waals surface area contributed by atoms with Crippen molar-refractivity contribution in [3.8, 4) is 0 Å². The third kappa shape index (κ3) is 6.68. The molecule has 0 unspecified atom stereocenters. The number of amides is 1. The summed E-state index contributed by atoms with van der Waals surface area (Å²) in [6, 6.07) is 9.70. The van der Waals surface area contributed by atoms with Gasteiger partial charge in [-0.05, 0) is 53.8 Å². The van der Waals surface area contributed by atoms with Crippen molar-refractivity contribution in [2.75, 3.05) is 31.5 Å². The zero-order chi connectivity index (χ0) is 27.1. The molecule has 196 valence electrons. The van der Waals surface area contributed by atoms with Crippen molar-refractivity contribution in [1.82, 2.24) is 9.80 Å². The lowest BCUT2D eigenvalue weighted by molar-refractivity contribution is 0.102. The first-order valence-electron chi connectivity index (χ1n) is 12.2. The van der Waals surface area contributed by atoms with Gasteiger partial charge in [0.2, 0.25) is 0 Å². The minimum Gasteiger partial charge on any atom is -0.370 e. The molecule has 0 aromatic heterocycles. The summed E-state index contributed by atoms with van der Waals surface area (Å²) in [6.45, 7) is 6.19. The van der Waals surface area contributed by atoms with E-state index in [1.165, 1.54) is 6.07 Å². The van der Waals surface area contributed by atoms with Gasteiger partial charge in [-0.2, -0.15) is 0 Å². The standard InChI is InChI=1S/C25H27ClFN7O.C2H6/c26-21-14-18(2-4-19(21)15-5-9-33(10-6-15)24(28)29)32-23(35)17-1-3-20(22(27)13-17)16-7-11-34(12-8-16)25(30)31;1-2/h1-5,7,13-14H,6,8-12H2,(H3,28,29)(H3,30,31)(H,32,35);1-2H3. The van der Waals surface area contributed by atoms with Crippen LogP contribution in [0.3, 0.4) is 0 Å². The maximum absolute atomic E-state index is 14.8. The van der Waals surface area contributed by atoms with E-state index in [1.807, 2.05) is 32.1 Å². The summed E-state index contributed by atoms with van der Waals surface area (Å²) in [7, 11) is 0. The van der Waals surface area contributed by atoms with Gasteiger partial charge in [0.15, 0.2) is 11.9 Å². The van der Waals surface area contributed by atoms with Gasteiger partial charge >= 0.3 is 0 Å². The van der Waals surface area contributed by atoms with Crippen molar-refractivity contribution in [3.05, 3.63) is 76.1 Å². The van der Waals surface area contributed by atoms with E-state index in [4.69, 9.17) is 33.9 Å². The van der Waals surface area contributed by atoms with Crippen LogP contribution in [0.4, 0.5) is 10.1 Å². The van der Waals surface area contributed by atoms with Crippen LogP contribution in [0.2, 0.25) is 5.02 Å². The van der Waals surface area contributed by atoms with Crippen LogP contribution in [0, 0.1) is 16.6 Å². The number of carbonyl (C=O) groups excluding carboxylic acids is 1. The molecular weight excluding hydrogens is 493 g/mol. The van der Waals surface area contributed by atoms with Gasteiger partial charge in [0.25, 0.3) is 5.91 Å². The number of halogens is 2. The van der Waals surface area contributed by atoms with Crippen LogP contribution >= 0.6 is 11.6 Å². The Morgan fingerprint density at radius 1 is 0.919 bits per heavy atom. The highest BCUT2D eigenvalue weighted by atomic mass is 35.5. The van der Waals surface area contributed by atoms with E-state index < -0.39 is 11.7 Å². The molecule has 2 heterocycles. The summed E-state index contributed by atoms with van der Waals surface area (Å²) in [5.41, 5.74) is 15.0. The smallest absolute Gasteiger partial charge is 0.255 e. The van der Waals surface area contributed by atoms with E-state index in [1.54, 1.807) is 34.1 Å². The molecule has 2 aromatic carbocycles. The fraction of sp³-hybridized carbons (Fsp3) is 0.296. The first-order chi connectivity index (χ1) is 17.7. The van der Waals surface area contributed by atoms with Crippen LogP contribution in [0.1, 0.15) is 48.2 Å². The Labute approximate surface area is 221 Å². The van der Waals surface area contributed by atoms with E-state index in [2.05, 4.69) is 5.32 Å². The number of hydrogen-bond donors (Lipinski definition) is 5. The van der Waals surface area contributed by atoms with E-state index in [0.717, 1.165) is 16.7 Å². The average molecular weight is 526 g/mol. The minimum atomic E-state index is -0.475. The van der Waals surface area contributed by atoms with Gasteiger partial charge in [0.1, 0.15) is 5.82 Å². The maximum Gasteiger partial charge on any atom is 0.255 e. The summed E-state index contributed by atoms with van der Waals surface area (Å²) in [6.07, 6.45) is 5.12. The van der Waals surface area contributed by atoms with Gasteiger partial charge in [-0.15, -0.1) is 0 Å². The Kier molecular flexibility index (Phi) is 9.30. The highest BCUT2D eigenvalue weighted by molar-refractivity contribution is 6.32. The van der Waals surface area contributed by atoms with Gasteiger partial charge in [-0.25, -0.2) is 4.39 Å². The zero-order valence-electron chi connectivity index (χ0n) is 21.1. The average Bonchev–Trinajstić information content (AvgIpc) is 2.90. The molecule has 0 fully saturated rings. The van der Waals surface area contributed by atoms with Gasteiger partial charge in [-0.1, -0.05) is 49.7 Å². The van der Waals surface area contributed by atoms with Crippen LogP contribution in [0.5, 0.6) is 0 Å². The minimum absolute atomic E-state index is 0.00369. The third-order valence-corrected chi connectivity index (χ3v) is 6.56. The summed E-state index contributed by atoms with van der Waals surface area (Å²) in [5, 5.41) is 18.3. The lowest BCUT2D eigenvalue weighted by Gasteiger charge is -2.27. The number of benzene rings is 2. The topological polar surface area (TPSA) is 135 Å². The van der Waals surface area contributed by atoms with Crippen molar-refractivity contribution >= 4 is 46.3 Å². The molecule has 4 rings (SSSR count). The number of carbonyl (C=O) groups is 1. The Balaban J connectivity index is 0.00000186. The highest BCUT2D eigenvalue weighted by Gasteiger charge is 2.19. The van der Waals surface area contributed by atoms with Crippen LogP contribution in [0.25, 0.3) is 11.1 Å². The Morgan fingerprint density at radius 2 is 1.46 bits per heavy atom. The Hall–Kier alpha value is -3.85. The molecule has 1 amide bonds. The predicted molar refractivity (Wildman–Crippen MR) is 149 cm³/mol. The molecule has 0 aliphatic carbocycles. The van der Waals surface area contributed by atoms with Gasteiger partial charge < -0.3 is 26.6 Å². The second kappa shape index (κ2) is 12.4. The van der Waals surface area contributed by atoms with Gasteiger partial charge in [-0.3, -0.25) is 15.6 Å². The zero-order valence-corrected chi connectivity index (χ0v) is 21.8. The van der Waals surface area contributed by atoms with Crippen LogP contribution in [0.15, 0.2) is 48.6 Å². The molecule has 2 aliphatic rings. The predicted octanol–water partition coefficient (Wildman–Crippen LogP) is 4.72. The largest absolute Gasteiger partial charge is 0.370 e. The molecule has 2 aromatic rings. The molecule has 8 nitrogen and oxygen atoms in total. The molecule has 0 spiro atoms. The normalized spacial score (nSPS) is 15.1. The van der Waals surface area contributed by atoms with E-state index >= 15 is 0 Å². The van der Waals surface area contributed by atoms with Crippen molar-refractivity contribution in [1.29, 1.82) is 10.8 Å². The monoisotopic (exact) mass is 525 g/mol. The molecule has 0 saturated carbocycles. The van der Waals surface area contributed by atoms with Crippen LogP contribution < -0.4 is 16.8 Å². The molecule has 0 bridgehead atoms. The molecule has 10 heteroatoms. The number of nitrogens with zero attached hydrogens (tertiary/aromatic N) is 2. The molecule has 2 aliphatic heterocycles. The second-order valence-corrected chi connectivity index (χ2v) is 8.87. The van der Waals surface area contributed by atoms with Gasteiger partial charge in [0.05, 0.1) is 5.02 Å². The molecule has 7 N–H and O–H groups in total. The number of guanidine groups is 2. The van der Waals surface area contributed by atoms with E-state index in [9.17, 15) is 9.18 Å². The first kappa shape index (κ1) is 27.7. The molecule has 0 radical (unpaired) electrons. The van der Waals surface area contributed by atoms with Crippen molar-refractivity contribution in [2.24, 2.45) is 11.5 Å². The quantitative estimate of drug-likeness (QED) is 0.290. The summed E-state index contributed by atoms with van der Waals surface area (Å²) in [5.74, 6) is -0.869. The third-order valence-electron chi connectivity index (χ3n) is 6.25. The van der Waals surface area contributed by atoms with E-state index in [-0.39, 0.29) is 17.5 Å². The van der Waals surface area contributed by atoms with Crippen LogP contribution in [-0.2, 0) is 0 Å². The number of nitrogens with two attached hydrogens (primary N) is 2. The van der Waals surface area contributed by atoms with E-state index in [0.29, 0.717) is 55.3 Å². The summed E-state index contributed by atoms with van der Waals surface area (Å²) >= 11 is 6.49. The molecular formula is C27H33ClFN7O. The number of hydrogen-bond acceptors (Lipinski definition) is 3. The fourth-order valence-corrected chi connectivity index (χ4v) is 4.54. The SMILES string of the molecule is CC.N=C(N)N1CC=C(c2ccc(C(=O)Nc3ccc(C4=CCN(C(=N)N)CC4)c(Cl)c3)cc2F)CC1. The number of nitrogens with one attached hydrogen (secondary N) is 3. The van der Waals surface area contributed by atoms with Gasteiger partial charge in [0, 0.05) is 43.0 Å². The fourth-order valence-electron chi connectivity index (χ4n) is 4.24. The molecule has 37 heavy (non-hydrogen) atoms. The van der Waals surface area contributed by atoms with Crippen molar-refractivity contribution < 1.29 is 9.18 Å². The summed E-state index contributed by atoms with van der Waals surface area (Å²) < 4.78 is 14.8. The first-order valence-corrected chi connectivity index (χ1v) is 12.6. The second-order valence-electron chi connectivity index (χ2n) is 8.46. The van der Waals surface area contributed by atoms with Crippen LogP contribution in [-0.4, -0.2) is 53.8 Å². The molecule has 0 saturated heterocycles. The number of rotatable bonds is 4. The van der Waals surface area contributed by atoms with Crippen molar-refractivity contribution in [2.45, 2.75) is 26.7 Å². The summed E-state index contributed by atoms with van der Waals surface area (Å²) in [4.78, 5) is 16.2. The number of anilines is 1. The molecule has 0 atom stereocenters.